The summed E-state index contributed by atoms with van der Waals surface area (Å²) < 4.78 is 2.56. The van der Waals surface area contributed by atoms with E-state index in [2.05, 4.69) is 34.8 Å². The topological polar surface area (TPSA) is 20.5 Å². The summed E-state index contributed by atoms with van der Waals surface area (Å²) in [5, 5.41) is 3.59. The van der Waals surface area contributed by atoms with Crippen molar-refractivity contribution in [1.29, 1.82) is 0 Å². The highest BCUT2D eigenvalue weighted by Crippen LogP contribution is 2.46. The summed E-state index contributed by atoms with van der Waals surface area (Å²) in [5.41, 5.74) is 5.73. The molecule has 1 aromatic rings. The molecule has 4 aliphatic rings. The van der Waals surface area contributed by atoms with Gasteiger partial charge in [-0.2, -0.15) is 0 Å². The van der Waals surface area contributed by atoms with Crippen LogP contribution in [0.15, 0.2) is 16.5 Å². The lowest BCUT2D eigenvalue weighted by molar-refractivity contribution is 0.305. The maximum Gasteiger partial charge on any atom is 0.168 e. The SMILES string of the molecule is Cc1cc(C2=CSC3=N[C@@H]4CCCC[C@@H]4N23)c(C)n1C1CC1. The lowest BCUT2D eigenvalue weighted by Gasteiger charge is -2.32. The van der Waals surface area contributed by atoms with Crippen LogP contribution in [0.1, 0.15) is 61.5 Å². The molecule has 4 heteroatoms. The van der Waals surface area contributed by atoms with E-state index in [1.54, 1.807) is 0 Å². The van der Waals surface area contributed by atoms with Crippen LogP contribution in [-0.2, 0) is 0 Å². The van der Waals surface area contributed by atoms with Gasteiger partial charge in [-0.25, -0.2) is 0 Å². The highest BCUT2D eigenvalue weighted by atomic mass is 32.2. The predicted molar refractivity (Wildman–Crippen MR) is 93.1 cm³/mol. The quantitative estimate of drug-likeness (QED) is 0.803. The number of hydrogen-bond donors (Lipinski definition) is 0. The number of rotatable bonds is 2. The van der Waals surface area contributed by atoms with Gasteiger partial charge in [0.2, 0.25) is 0 Å². The van der Waals surface area contributed by atoms with Crippen LogP contribution in [0.5, 0.6) is 0 Å². The Morgan fingerprint density at radius 2 is 1.95 bits per heavy atom. The Kier molecular flexibility index (Phi) is 2.82. The summed E-state index contributed by atoms with van der Waals surface area (Å²) in [7, 11) is 0. The molecule has 1 aromatic heterocycles. The van der Waals surface area contributed by atoms with Crippen LogP contribution >= 0.6 is 11.8 Å². The minimum atomic E-state index is 0.548. The van der Waals surface area contributed by atoms with E-state index in [1.165, 1.54) is 66.3 Å². The van der Waals surface area contributed by atoms with Crippen LogP contribution < -0.4 is 0 Å². The van der Waals surface area contributed by atoms with Crippen molar-refractivity contribution in [3.05, 3.63) is 28.4 Å². The zero-order chi connectivity index (χ0) is 14.8. The lowest BCUT2D eigenvalue weighted by Crippen LogP contribution is -2.38. The van der Waals surface area contributed by atoms with Crippen LogP contribution in [0.25, 0.3) is 5.70 Å². The molecule has 0 N–H and O–H groups in total. The summed E-state index contributed by atoms with van der Waals surface area (Å²) in [4.78, 5) is 7.56. The average molecular weight is 313 g/mol. The first-order valence-electron chi connectivity index (χ1n) is 8.66. The van der Waals surface area contributed by atoms with Gasteiger partial charge in [-0.1, -0.05) is 24.6 Å². The molecule has 0 spiro atoms. The molecular weight excluding hydrogens is 290 g/mol. The zero-order valence-electron chi connectivity index (χ0n) is 13.4. The fraction of sp³-hybridized carbons (Fsp3) is 0.611. The van der Waals surface area contributed by atoms with E-state index in [0.29, 0.717) is 12.1 Å². The van der Waals surface area contributed by atoms with E-state index in [-0.39, 0.29) is 0 Å². The van der Waals surface area contributed by atoms with Gasteiger partial charge in [0.15, 0.2) is 5.17 Å². The third kappa shape index (κ3) is 1.79. The molecule has 3 heterocycles. The molecule has 2 aliphatic carbocycles. The van der Waals surface area contributed by atoms with Gasteiger partial charge in [0.05, 0.1) is 17.8 Å². The summed E-state index contributed by atoms with van der Waals surface area (Å²) in [6.07, 6.45) is 8.00. The van der Waals surface area contributed by atoms with Crippen molar-refractivity contribution < 1.29 is 0 Å². The Morgan fingerprint density at radius 3 is 2.77 bits per heavy atom. The standard InChI is InChI=1S/C18H23N3S/c1-11-9-14(12(2)20(11)13-7-8-13)17-10-22-18-19-15-5-3-4-6-16(15)21(17)18/h9-10,13,15-16H,3-8H2,1-2H3/t15-,16+/m1/s1. The highest BCUT2D eigenvalue weighted by Gasteiger charge is 2.43. The van der Waals surface area contributed by atoms with Crippen molar-refractivity contribution in [3.63, 3.8) is 0 Å². The molecule has 0 radical (unpaired) electrons. The van der Waals surface area contributed by atoms with Crippen LogP contribution in [0.3, 0.4) is 0 Å². The number of amidine groups is 1. The third-order valence-corrected chi connectivity index (χ3v) is 6.57. The molecule has 2 aliphatic heterocycles. The van der Waals surface area contributed by atoms with E-state index in [1.807, 2.05) is 11.8 Å². The Bertz CT molecular complexity index is 695. The second kappa shape index (κ2) is 4.67. The minimum absolute atomic E-state index is 0.548. The van der Waals surface area contributed by atoms with Crippen molar-refractivity contribution in [2.24, 2.45) is 4.99 Å². The second-order valence-corrected chi connectivity index (χ2v) is 8.04. The normalized spacial score (nSPS) is 30.2. The van der Waals surface area contributed by atoms with Gasteiger partial charge >= 0.3 is 0 Å². The van der Waals surface area contributed by atoms with E-state index in [0.717, 1.165) is 6.04 Å². The van der Waals surface area contributed by atoms with Gasteiger partial charge < -0.3 is 9.47 Å². The fourth-order valence-electron chi connectivity index (χ4n) is 4.55. The van der Waals surface area contributed by atoms with Crippen molar-refractivity contribution >= 4 is 22.6 Å². The molecule has 0 unspecified atom stereocenters. The van der Waals surface area contributed by atoms with Gasteiger partial charge in [-0.05, 0) is 45.6 Å². The Labute approximate surface area is 136 Å². The maximum absolute atomic E-state index is 5.00. The molecule has 0 saturated heterocycles. The third-order valence-electron chi connectivity index (χ3n) is 5.72. The monoisotopic (exact) mass is 313 g/mol. The first-order chi connectivity index (χ1) is 10.7. The molecule has 0 bridgehead atoms. The number of aliphatic imine (C=N–C) groups is 1. The summed E-state index contributed by atoms with van der Waals surface area (Å²) >= 11 is 1.83. The number of nitrogens with zero attached hydrogens (tertiary/aromatic N) is 3. The number of aromatic nitrogens is 1. The minimum Gasteiger partial charge on any atom is -0.345 e. The molecule has 0 aromatic carbocycles. The van der Waals surface area contributed by atoms with Crippen LogP contribution in [0.4, 0.5) is 0 Å². The Balaban J connectivity index is 1.54. The Morgan fingerprint density at radius 1 is 1.14 bits per heavy atom. The van der Waals surface area contributed by atoms with E-state index >= 15 is 0 Å². The summed E-state index contributed by atoms with van der Waals surface area (Å²) in [6.45, 7) is 4.57. The number of fused-ring (bicyclic) bond motifs is 3. The number of thioether (sulfide) groups is 1. The van der Waals surface area contributed by atoms with Crippen molar-refractivity contribution in [2.45, 2.75) is 70.5 Å². The first-order valence-corrected chi connectivity index (χ1v) is 9.54. The van der Waals surface area contributed by atoms with Crippen LogP contribution in [0.2, 0.25) is 0 Å². The van der Waals surface area contributed by atoms with E-state index in [9.17, 15) is 0 Å². The molecule has 5 rings (SSSR count). The van der Waals surface area contributed by atoms with E-state index in [4.69, 9.17) is 4.99 Å². The fourth-order valence-corrected chi connectivity index (χ4v) is 5.55. The summed E-state index contributed by atoms with van der Waals surface area (Å²) in [5.74, 6) is 0. The molecule has 2 fully saturated rings. The Hall–Kier alpha value is -1.16. The maximum atomic E-state index is 5.00. The average Bonchev–Trinajstić information content (AvgIpc) is 3.04. The first kappa shape index (κ1) is 13.3. The highest BCUT2D eigenvalue weighted by molar-refractivity contribution is 8.16. The molecule has 2 saturated carbocycles. The van der Waals surface area contributed by atoms with Gasteiger partial charge in [-0.3, -0.25) is 4.99 Å². The number of aryl methyl sites for hydroxylation is 1. The smallest absolute Gasteiger partial charge is 0.168 e. The summed E-state index contributed by atoms with van der Waals surface area (Å²) in [6, 6.07) is 4.33. The molecule has 0 amide bonds. The predicted octanol–water partition coefficient (Wildman–Crippen LogP) is 4.47. The zero-order valence-corrected chi connectivity index (χ0v) is 14.2. The number of hydrogen-bond acceptors (Lipinski definition) is 3. The largest absolute Gasteiger partial charge is 0.345 e. The molecule has 22 heavy (non-hydrogen) atoms. The molecular formula is C18H23N3S. The van der Waals surface area contributed by atoms with Crippen LogP contribution in [0, 0.1) is 13.8 Å². The van der Waals surface area contributed by atoms with Gasteiger partial charge in [0, 0.05) is 28.4 Å². The van der Waals surface area contributed by atoms with Crippen molar-refractivity contribution in [3.8, 4) is 0 Å². The van der Waals surface area contributed by atoms with Crippen molar-refractivity contribution in [2.75, 3.05) is 0 Å². The van der Waals surface area contributed by atoms with Crippen molar-refractivity contribution in [1.82, 2.24) is 9.47 Å². The van der Waals surface area contributed by atoms with Crippen LogP contribution in [-0.4, -0.2) is 26.7 Å². The molecule has 3 nitrogen and oxygen atoms in total. The molecule has 116 valence electrons. The van der Waals surface area contributed by atoms with Gasteiger partial charge in [0.25, 0.3) is 0 Å². The molecule has 2 atom stereocenters. The second-order valence-electron chi connectivity index (χ2n) is 7.21. The van der Waals surface area contributed by atoms with E-state index < -0.39 is 0 Å². The van der Waals surface area contributed by atoms with Gasteiger partial charge in [0.1, 0.15) is 0 Å². The van der Waals surface area contributed by atoms with Gasteiger partial charge in [-0.15, -0.1) is 0 Å². The lowest BCUT2D eigenvalue weighted by atomic mass is 9.90.